The predicted molar refractivity (Wildman–Crippen MR) is 102 cm³/mol. The number of hydrogen-bond acceptors (Lipinski definition) is 7. The molecule has 0 bridgehead atoms. The largest absolute Gasteiger partial charge is 0.507 e. The van der Waals surface area contributed by atoms with Gasteiger partial charge >= 0.3 is 0 Å². The molecule has 0 aliphatic carbocycles. The number of likely N-dealkylation sites (tertiary alicyclic amines) is 1. The van der Waals surface area contributed by atoms with Gasteiger partial charge in [0.25, 0.3) is 17.4 Å². The summed E-state index contributed by atoms with van der Waals surface area (Å²) in [5, 5.41) is 30.9. The molecular weight excluding hydrogens is 380 g/mol. The van der Waals surface area contributed by atoms with Crippen molar-refractivity contribution >= 4 is 23.1 Å². The van der Waals surface area contributed by atoms with Gasteiger partial charge in [0, 0.05) is 24.2 Å². The SMILES string of the molecule is COc1ccc([C@H]2/C(=C(\O)c3ccc([N+](=O)[O-])cc3)C(=O)C(=O)N2CCO)cc1. The van der Waals surface area contributed by atoms with Gasteiger partial charge < -0.3 is 19.8 Å². The molecule has 29 heavy (non-hydrogen) atoms. The minimum absolute atomic E-state index is 0.0989. The van der Waals surface area contributed by atoms with E-state index in [0.29, 0.717) is 11.3 Å². The Morgan fingerprint density at radius 2 is 1.76 bits per heavy atom. The highest BCUT2D eigenvalue weighted by Gasteiger charge is 2.45. The summed E-state index contributed by atoms with van der Waals surface area (Å²) >= 11 is 0. The third-order valence-corrected chi connectivity index (χ3v) is 4.66. The molecule has 1 fully saturated rings. The Hall–Kier alpha value is -3.72. The van der Waals surface area contributed by atoms with E-state index in [2.05, 4.69) is 0 Å². The summed E-state index contributed by atoms with van der Waals surface area (Å²) in [6.07, 6.45) is 0. The van der Waals surface area contributed by atoms with Gasteiger partial charge in [0.1, 0.15) is 11.5 Å². The van der Waals surface area contributed by atoms with E-state index < -0.39 is 28.4 Å². The van der Waals surface area contributed by atoms with E-state index in [1.54, 1.807) is 24.3 Å². The van der Waals surface area contributed by atoms with Crippen molar-refractivity contribution in [2.75, 3.05) is 20.3 Å². The number of ketones is 1. The zero-order valence-corrected chi connectivity index (χ0v) is 15.4. The van der Waals surface area contributed by atoms with Crippen LogP contribution in [0.4, 0.5) is 5.69 Å². The average molecular weight is 398 g/mol. The highest BCUT2D eigenvalue weighted by atomic mass is 16.6. The van der Waals surface area contributed by atoms with Crippen molar-refractivity contribution < 1.29 is 29.5 Å². The van der Waals surface area contributed by atoms with E-state index in [1.807, 2.05) is 0 Å². The number of ether oxygens (including phenoxy) is 1. The Morgan fingerprint density at radius 1 is 1.14 bits per heavy atom. The number of nitro benzene ring substituents is 1. The maximum atomic E-state index is 12.7. The molecule has 1 amide bonds. The molecule has 0 radical (unpaired) electrons. The van der Waals surface area contributed by atoms with Gasteiger partial charge in [0.2, 0.25) is 0 Å². The van der Waals surface area contributed by atoms with Gasteiger partial charge in [0.05, 0.1) is 30.3 Å². The van der Waals surface area contributed by atoms with Crippen LogP contribution in [0.15, 0.2) is 54.1 Å². The molecule has 1 aliphatic heterocycles. The maximum absolute atomic E-state index is 12.7. The summed E-state index contributed by atoms with van der Waals surface area (Å²) in [6.45, 7) is -0.463. The monoisotopic (exact) mass is 398 g/mol. The van der Waals surface area contributed by atoms with Gasteiger partial charge in [-0.1, -0.05) is 12.1 Å². The van der Waals surface area contributed by atoms with E-state index in [-0.39, 0.29) is 30.0 Å². The van der Waals surface area contributed by atoms with Crippen molar-refractivity contribution in [1.82, 2.24) is 4.90 Å². The topological polar surface area (TPSA) is 130 Å². The van der Waals surface area contributed by atoms with Crippen molar-refractivity contribution in [2.45, 2.75) is 6.04 Å². The predicted octanol–water partition coefficient (Wildman–Crippen LogP) is 2.02. The summed E-state index contributed by atoms with van der Waals surface area (Å²) < 4.78 is 5.12. The van der Waals surface area contributed by atoms with Crippen molar-refractivity contribution in [3.63, 3.8) is 0 Å². The first kappa shape index (κ1) is 20.0. The van der Waals surface area contributed by atoms with Crippen LogP contribution in [0.1, 0.15) is 17.2 Å². The second-order valence-electron chi connectivity index (χ2n) is 6.29. The minimum Gasteiger partial charge on any atom is -0.507 e. The van der Waals surface area contributed by atoms with E-state index in [4.69, 9.17) is 4.74 Å². The molecule has 9 nitrogen and oxygen atoms in total. The normalized spacial score (nSPS) is 18.1. The molecule has 0 spiro atoms. The smallest absolute Gasteiger partial charge is 0.295 e. The fourth-order valence-electron chi connectivity index (χ4n) is 3.25. The lowest BCUT2D eigenvalue weighted by Crippen LogP contribution is -2.32. The zero-order chi connectivity index (χ0) is 21.1. The molecule has 9 heteroatoms. The van der Waals surface area contributed by atoms with Crippen molar-refractivity contribution in [2.24, 2.45) is 0 Å². The minimum atomic E-state index is -0.914. The molecule has 2 aromatic rings. The number of aliphatic hydroxyl groups is 2. The molecule has 0 saturated carbocycles. The second kappa shape index (κ2) is 8.11. The Labute approximate surface area is 165 Å². The first-order valence-corrected chi connectivity index (χ1v) is 8.67. The summed E-state index contributed by atoms with van der Waals surface area (Å²) in [5.74, 6) is -1.61. The molecule has 1 saturated heterocycles. The zero-order valence-electron chi connectivity index (χ0n) is 15.4. The lowest BCUT2D eigenvalue weighted by atomic mass is 9.95. The Kier molecular flexibility index (Phi) is 5.60. The van der Waals surface area contributed by atoms with Gasteiger partial charge in [-0.25, -0.2) is 0 Å². The van der Waals surface area contributed by atoms with Crippen LogP contribution in [0.2, 0.25) is 0 Å². The second-order valence-corrected chi connectivity index (χ2v) is 6.29. The molecule has 3 rings (SSSR count). The number of carbonyl (C=O) groups excluding carboxylic acids is 2. The van der Waals surface area contributed by atoms with Gasteiger partial charge in [0.15, 0.2) is 0 Å². The van der Waals surface area contributed by atoms with E-state index in [0.717, 1.165) is 0 Å². The van der Waals surface area contributed by atoms with Crippen LogP contribution in [-0.4, -0.2) is 52.0 Å². The number of nitro groups is 1. The maximum Gasteiger partial charge on any atom is 0.295 e. The lowest BCUT2D eigenvalue weighted by Gasteiger charge is -2.24. The van der Waals surface area contributed by atoms with Crippen molar-refractivity contribution in [1.29, 1.82) is 0 Å². The van der Waals surface area contributed by atoms with Crippen LogP contribution in [0.25, 0.3) is 5.76 Å². The number of non-ortho nitro benzene ring substituents is 1. The third-order valence-electron chi connectivity index (χ3n) is 4.66. The molecule has 0 unspecified atom stereocenters. The Balaban J connectivity index is 2.13. The van der Waals surface area contributed by atoms with Crippen molar-refractivity contribution in [3.05, 3.63) is 75.3 Å². The van der Waals surface area contributed by atoms with E-state index >= 15 is 0 Å². The number of Topliss-reactive ketones (excluding diaryl/α,β-unsaturated/α-hetero) is 1. The molecule has 1 heterocycles. The number of hydrogen-bond donors (Lipinski definition) is 2. The van der Waals surface area contributed by atoms with E-state index in [9.17, 15) is 29.9 Å². The van der Waals surface area contributed by atoms with Crippen LogP contribution in [0.5, 0.6) is 5.75 Å². The van der Waals surface area contributed by atoms with E-state index in [1.165, 1.54) is 36.3 Å². The third kappa shape index (κ3) is 3.67. The highest BCUT2D eigenvalue weighted by molar-refractivity contribution is 6.46. The number of nitrogens with zero attached hydrogens (tertiary/aromatic N) is 2. The van der Waals surface area contributed by atoms with Crippen LogP contribution in [0.3, 0.4) is 0 Å². The summed E-state index contributed by atoms with van der Waals surface area (Å²) in [5.41, 5.74) is 0.384. The van der Waals surface area contributed by atoms with Crippen LogP contribution >= 0.6 is 0 Å². The first-order valence-electron chi connectivity index (χ1n) is 8.67. The van der Waals surface area contributed by atoms with Gasteiger partial charge in [-0.3, -0.25) is 19.7 Å². The number of carbonyl (C=O) groups is 2. The number of aliphatic hydroxyl groups excluding tert-OH is 2. The number of methoxy groups -OCH3 is 1. The molecule has 150 valence electrons. The summed E-state index contributed by atoms with van der Waals surface area (Å²) in [4.78, 5) is 36.6. The van der Waals surface area contributed by atoms with Crippen LogP contribution in [0, 0.1) is 10.1 Å². The highest BCUT2D eigenvalue weighted by Crippen LogP contribution is 2.39. The fourth-order valence-corrected chi connectivity index (χ4v) is 3.25. The summed E-state index contributed by atoms with van der Waals surface area (Å²) in [6, 6.07) is 10.7. The fraction of sp³-hybridized carbons (Fsp3) is 0.200. The lowest BCUT2D eigenvalue weighted by molar-refractivity contribution is -0.384. The molecule has 2 aromatic carbocycles. The van der Waals surface area contributed by atoms with Gasteiger partial charge in [-0.15, -0.1) is 0 Å². The quantitative estimate of drug-likeness (QED) is 0.250. The van der Waals surface area contributed by atoms with Gasteiger partial charge in [-0.2, -0.15) is 0 Å². The summed E-state index contributed by atoms with van der Waals surface area (Å²) in [7, 11) is 1.50. The first-order chi connectivity index (χ1) is 13.9. The van der Waals surface area contributed by atoms with Crippen LogP contribution in [-0.2, 0) is 9.59 Å². The van der Waals surface area contributed by atoms with Gasteiger partial charge in [-0.05, 0) is 29.8 Å². The Bertz CT molecular complexity index is 981. The number of β-amino-alcohol motifs (C(OH)–C–C–N with tert-alkyl or cyclic N) is 1. The van der Waals surface area contributed by atoms with Crippen LogP contribution < -0.4 is 4.74 Å². The molecule has 2 N–H and O–H groups in total. The number of amides is 1. The number of rotatable bonds is 6. The average Bonchev–Trinajstić information content (AvgIpc) is 2.98. The van der Waals surface area contributed by atoms with Crippen molar-refractivity contribution in [3.8, 4) is 5.75 Å². The molecular formula is C20H18N2O7. The molecule has 1 aliphatic rings. The molecule has 1 atom stereocenters. The standard InChI is InChI=1S/C20H18N2O7/c1-29-15-8-4-12(5-9-15)17-16(19(25)20(26)21(17)10-11-23)18(24)13-2-6-14(7-3-13)22(27)28/h2-9,17,23-24H,10-11H2,1H3/b18-16+/t17-/m0/s1. The molecule has 0 aromatic heterocycles. The number of benzene rings is 2. The Morgan fingerprint density at radius 3 is 2.28 bits per heavy atom.